The second-order valence-electron chi connectivity index (χ2n) is 7.03. The fourth-order valence-corrected chi connectivity index (χ4v) is 4.35. The average molecular weight is 432 g/mol. The van der Waals surface area contributed by atoms with Crippen molar-refractivity contribution >= 4 is 27.4 Å². The van der Waals surface area contributed by atoms with E-state index in [0.717, 1.165) is 51.2 Å². The molecule has 3 heterocycles. The minimum Gasteiger partial charge on any atom is -0.619 e. The van der Waals surface area contributed by atoms with Crippen LogP contribution in [0.3, 0.4) is 0 Å². The lowest BCUT2D eigenvalue weighted by atomic mass is 9.90. The van der Waals surface area contributed by atoms with E-state index in [1.807, 2.05) is 6.07 Å². The predicted molar refractivity (Wildman–Crippen MR) is 105 cm³/mol. The molecule has 3 aromatic rings. The number of rotatable bonds is 6. The lowest BCUT2D eigenvalue weighted by Gasteiger charge is -2.20. The first-order chi connectivity index (χ1) is 13.2. The number of hydrogen-bond donors (Lipinski definition) is 2. The SMILES string of the molecule is [O-][n+]1cccc(CNc2cc(C3CCC[C@H]3CCO)nc3c(Br)cnn23)c1. The molecule has 2 atom stereocenters. The number of hydrogen-bond acceptors (Lipinski definition) is 5. The van der Waals surface area contributed by atoms with Crippen molar-refractivity contribution < 1.29 is 9.84 Å². The van der Waals surface area contributed by atoms with Crippen molar-refractivity contribution in [2.24, 2.45) is 5.92 Å². The van der Waals surface area contributed by atoms with Crippen LogP contribution in [0.2, 0.25) is 0 Å². The fraction of sp³-hybridized carbons (Fsp3) is 0.421. The largest absolute Gasteiger partial charge is 0.619 e. The summed E-state index contributed by atoms with van der Waals surface area (Å²) in [5.74, 6) is 1.66. The quantitative estimate of drug-likeness (QED) is 0.462. The monoisotopic (exact) mass is 431 g/mol. The van der Waals surface area contributed by atoms with Gasteiger partial charge in [0.25, 0.3) is 0 Å². The van der Waals surface area contributed by atoms with Crippen molar-refractivity contribution in [1.29, 1.82) is 0 Å². The topological polar surface area (TPSA) is 89.4 Å². The third kappa shape index (κ3) is 3.77. The van der Waals surface area contributed by atoms with E-state index in [1.165, 1.54) is 12.6 Å². The van der Waals surface area contributed by atoms with Gasteiger partial charge in [-0.2, -0.15) is 14.3 Å². The summed E-state index contributed by atoms with van der Waals surface area (Å²) in [4.78, 5) is 4.86. The minimum absolute atomic E-state index is 0.216. The standard InChI is InChI=1S/C19H22BrN5O2/c20-16-11-22-25-18(21-10-13-3-2-7-24(27)12-13)9-17(23-19(16)25)15-5-1-4-14(15)6-8-26/h2-3,7,9,11-12,14-15,21,26H,1,4-6,8,10H2/t14-,15?/m0/s1. The molecule has 4 rings (SSSR count). The smallest absolute Gasteiger partial charge is 0.185 e. The number of aliphatic hydroxyl groups excluding tert-OH is 1. The molecule has 2 N–H and O–H groups in total. The zero-order chi connectivity index (χ0) is 18.8. The van der Waals surface area contributed by atoms with Gasteiger partial charge >= 0.3 is 0 Å². The highest BCUT2D eigenvalue weighted by Gasteiger charge is 2.30. The van der Waals surface area contributed by atoms with Crippen LogP contribution in [0.1, 0.15) is 42.9 Å². The molecule has 0 aliphatic heterocycles. The Balaban J connectivity index is 1.66. The van der Waals surface area contributed by atoms with Crippen molar-refractivity contribution in [3.8, 4) is 0 Å². The fourth-order valence-electron chi connectivity index (χ4n) is 4.01. The van der Waals surface area contributed by atoms with Crippen molar-refractivity contribution in [3.05, 3.63) is 57.7 Å². The van der Waals surface area contributed by atoms with Gasteiger partial charge in [0.1, 0.15) is 5.82 Å². The summed E-state index contributed by atoms with van der Waals surface area (Å²) in [6.45, 7) is 0.734. The first-order valence-corrected chi connectivity index (χ1v) is 10.0. The van der Waals surface area contributed by atoms with Crippen LogP contribution in [0.15, 0.2) is 41.3 Å². The van der Waals surface area contributed by atoms with E-state index in [2.05, 4.69) is 32.4 Å². The summed E-state index contributed by atoms with van der Waals surface area (Å²) >= 11 is 3.54. The Morgan fingerprint density at radius 3 is 3.11 bits per heavy atom. The molecular weight excluding hydrogens is 410 g/mol. The third-order valence-electron chi connectivity index (χ3n) is 5.30. The number of aromatic nitrogens is 4. The molecule has 0 aromatic carbocycles. The van der Waals surface area contributed by atoms with Crippen LogP contribution < -0.4 is 10.0 Å². The number of pyridine rings is 1. The van der Waals surface area contributed by atoms with Gasteiger partial charge in [-0.1, -0.05) is 6.42 Å². The first-order valence-electron chi connectivity index (χ1n) is 9.22. The van der Waals surface area contributed by atoms with E-state index in [0.29, 0.717) is 18.4 Å². The van der Waals surface area contributed by atoms with E-state index in [9.17, 15) is 10.3 Å². The zero-order valence-electron chi connectivity index (χ0n) is 14.9. The van der Waals surface area contributed by atoms with Crippen molar-refractivity contribution in [3.63, 3.8) is 0 Å². The average Bonchev–Trinajstić information content (AvgIpc) is 3.27. The molecule has 0 bridgehead atoms. The highest BCUT2D eigenvalue weighted by Crippen LogP contribution is 2.41. The molecule has 1 aliphatic rings. The normalized spacial score (nSPS) is 19.6. The molecule has 1 fully saturated rings. The van der Waals surface area contributed by atoms with E-state index in [4.69, 9.17) is 4.98 Å². The Hall–Kier alpha value is -2.19. The van der Waals surface area contributed by atoms with Crippen LogP contribution in [0.4, 0.5) is 5.82 Å². The van der Waals surface area contributed by atoms with Gasteiger partial charge in [0.05, 0.1) is 10.7 Å². The van der Waals surface area contributed by atoms with Gasteiger partial charge in [-0.25, -0.2) is 4.98 Å². The van der Waals surface area contributed by atoms with E-state index in [1.54, 1.807) is 23.0 Å². The maximum absolute atomic E-state index is 11.5. The zero-order valence-corrected chi connectivity index (χ0v) is 16.5. The summed E-state index contributed by atoms with van der Waals surface area (Å²) in [6, 6.07) is 5.70. The summed E-state index contributed by atoms with van der Waals surface area (Å²) in [7, 11) is 0. The number of nitrogens with one attached hydrogen (secondary N) is 1. The number of nitrogens with zero attached hydrogens (tertiary/aromatic N) is 4. The number of anilines is 1. The predicted octanol–water partition coefficient (Wildman–Crippen LogP) is 3.00. The molecule has 7 nitrogen and oxygen atoms in total. The minimum atomic E-state index is 0.216. The van der Waals surface area contributed by atoms with Crippen molar-refractivity contribution in [1.82, 2.24) is 14.6 Å². The molecule has 1 unspecified atom stereocenters. The Kier molecular flexibility index (Phi) is 5.27. The van der Waals surface area contributed by atoms with Crippen molar-refractivity contribution in [2.45, 2.75) is 38.1 Å². The van der Waals surface area contributed by atoms with Crippen LogP contribution in [0.5, 0.6) is 0 Å². The Labute approximate surface area is 165 Å². The molecule has 3 aromatic heterocycles. The molecule has 0 spiro atoms. The summed E-state index contributed by atoms with van der Waals surface area (Å²) < 4.78 is 3.42. The molecule has 0 amide bonds. The maximum atomic E-state index is 11.5. The van der Waals surface area contributed by atoms with Crippen LogP contribution in [-0.2, 0) is 6.54 Å². The highest BCUT2D eigenvalue weighted by molar-refractivity contribution is 9.10. The lowest BCUT2D eigenvalue weighted by Crippen LogP contribution is -2.25. The van der Waals surface area contributed by atoms with Crippen LogP contribution in [0, 0.1) is 11.1 Å². The van der Waals surface area contributed by atoms with Crippen molar-refractivity contribution in [2.75, 3.05) is 11.9 Å². The Morgan fingerprint density at radius 2 is 2.30 bits per heavy atom. The molecule has 142 valence electrons. The molecule has 27 heavy (non-hydrogen) atoms. The number of aliphatic hydroxyl groups is 1. The Bertz CT molecular complexity index is 945. The van der Waals surface area contributed by atoms with Gasteiger partial charge in [-0.05, 0) is 47.2 Å². The van der Waals surface area contributed by atoms with Gasteiger partial charge in [0, 0.05) is 42.5 Å². The Morgan fingerprint density at radius 1 is 1.41 bits per heavy atom. The second kappa shape index (κ2) is 7.82. The molecule has 0 radical (unpaired) electrons. The number of halogens is 1. The molecule has 1 aliphatic carbocycles. The van der Waals surface area contributed by atoms with Gasteiger partial charge in [-0.3, -0.25) is 0 Å². The van der Waals surface area contributed by atoms with E-state index >= 15 is 0 Å². The van der Waals surface area contributed by atoms with Gasteiger partial charge in [-0.15, -0.1) is 0 Å². The summed E-state index contributed by atoms with van der Waals surface area (Å²) in [6.07, 6.45) is 8.97. The first kappa shape index (κ1) is 18.2. The summed E-state index contributed by atoms with van der Waals surface area (Å²) in [5.41, 5.74) is 2.70. The second-order valence-corrected chi connectivity index (χ2v) is 7.88. The van der Waals surface area contributed by atoms with E-state index in [-0.39, 0.29) is 6.61 Å². The highest BCUT2D eigenvalue weighted by atomic mass is 79.9. The van der Waals surface area contributed by atoms with Crippen LogP contribution >= 0.6 is 15.9 Å². The molecule has 8 heteroatoms. The van der Waals surface area contributed by atoms with E-state index < -0.39 is 0 Å². The maximum Gasteiger partial charge on any atom is 0.185 e. The van der Waals surface area contributed by atoms with Gasteiger partial charge < -0.3 is 15.6 Å². The number of fused-ring (bicyclic) bond motifs is 1. The lowest BCUT2D eigenvalue weighted by molar-refractivity contribution is -0.605. The summed E-state index contributed by atoms with van der Waals surface area (Å²) in [5, 5.41) is 28.7. The molecule has 1 saturated carbocycles. The third-order valence-corrected chi connectivity index (χ3v) is 5.86. The van der Waals surface area contributed by atoms with Crippen LogP contribution in [0.25, 0.3) is 5.65 Å². The van der Waals surface area contributed by atoms with Gasteiger partial charge in [0.15, 0.2) is 18.0 Å². The van der Waals surface area contributed by atoms with Crippen LogP contribution in [-0.4, -0.2) is 26.3 Å². The molecular formula is C19H22BrN5O2. The molecule has 0 saturated heterocycles. The van der Waals surface area contributed by atoms with Gasteiger partial charge in [0.2, 0.25) is 0 Å².